The zero-order valence-electron chi connectivity index (χ0n) is 69.3. The summed E-state index contributed by atoms with van der Waals surface area (Å²) in [6.07, 6.45) is -48.3. The molecular weight excluding hydrogens is 1560 g/mol. The van der Waals surface area contributed by atoms with Gasteiger partial charge in [0.1, 0.15) is 104 Å². The van der Waals surface area contributed by atoms with Crippen molar-refractivity contribution >= 4 is 30.2 Å². The minimum atomic E-state index is -2.25. The van der Waals surface area contributed by atoms with Gasteiger partial charge in [0, 0.05) is 12.8 Å². The van der Waals surface area contributed by atoms with Crippen molar-refractivity contribution in [1.29, 1.82) is 0 Å². The molecule has 41 atom stereocenters. The van der Waals surface area contributed by atoms with Crippen LogP contribution in [0.15, 0.2) is 23.2 Å². The van der Waals surface area contributed by atoms with E-state index in [9.17, 15) is 111 Å². The summed E-state index contributed by atoms with van der Waals surface area (Å²) in [5.41, 5.74) is -3.48. The number of carboxylic acids is 1. The number of aldehydes is 1. The van der Waals surface area contributed by atoms with Crippen LogP contribution in [0.3, 0.4) is 0 Å². The van der Waals surface area contributed by atoms with E-state index in [4.69, 9.17) is 66.3 Å². The van der Waals surface area contributed by atoms with Crippen LogP contribution in [0, 0.1) is 62.6 Å². The van der Waals surface area contributed by atoms with Gasteiger partial charge in [0.2, 0.25) is 12.6 Å². The minimum Gasteiger partial charge on any atom is -0.506 e. The number of allylic oxidation sites excluding steroid dienone is 2. The molecule has 0 unspecified atom stereocenters. The highest BCUT2D eigenvalue weighted by Gasteiger charge is 2.67. The van der Waals surface area contributed by atoms with Gasteiger partial charge in [-0.25, -0.2) is 4.79 Å². The van der Waals surface area contributed by atoms with Crippen LogP contribution in [0.4, 0.5) is 0 Å². The Morgan fingerprint density at radius 3 is 1.81 bits per heavy atom. The fourth-order valence-corrected chi connectivity index (χ4v) is 20.0. The van der Waals surface area contributed by atoms with Crippen LogP contribution < -0.4 is 0 Å². The number of esters is 3. The third kappa shape index (κ3) is 19.6. The number of carbonyl (C=O) groups is 5. The maximum atomic E-state index is 16.0. The molecule has 10 aliphatic rings. The molecule has 37 heteroatoms. The number of rotatable bonds is 30. The first-order chi connectivity index (χ1) is 55.2. The average Bonchev–Trinajstić information content (AvgIpc) is 0.693. The summed E-state index contributed by atoms with van der Waals surface area (Å²) in [5, 5.41) is 197. The zero-order valence-corrected chi connectivity index (χ0v) is 69.3. The van der Waals surface area contributed by atoms with Crippen LogP contribution in [0.25, 0.3) is 0 Å². The molecule has 0 spiro atoms. The van der Waals surface area contributed by atoms with Gasteiger partial charge in [-0.15, -0.1) is 0 Å². The first-order valence-corrected chi connectivity index (χ1v) is 41.6. The van der Waals surface area contributed by atoms with E-state index < -0.39 is 292 Å². The largest absolute Gasteiger partial charge is 0.506 e. The number of ether oxygens (including phenoxy) is 14. The normalized spacial score (nSPS) is 45.7. The number of aliphatic hydroxyl groups excluding tert-OH is 17. The van der Waals surface area contributed by atoms with Crippen molar-refractivity contribution in [3.63, 3.8) is 0 Å². The van der Waals surface area contributed by atoms with Gasteiger partial charge in [0.15, 0.2) is 55.0 Å². The fourth-order valence-electron chi connectivity index (χ4n) is 20.0. The summed E-state index contributed by atoms with van der Waals surface area (Å²) >= 11 is 0. The molecular formula is C81H130O37. The molecule has 0 aromatic carbocycles. The van der Waals surface area contributed by atoms with Crippen molar-refractivity contribution in [2.24, 2.45) is 62.6 Å². The number of aliphatic hydroxyl groups is 17. The summed E-state index contributed by atoms with van der Waals surface area (Å²) in [7, 11) is 0. The lowest BCUT2D eigenvalue weighted by molar-refractivity contribution is -0.384. The summed E-state index contributed by atoms with van der Waals surface area (Å²) < 4.78 is 84.8. The fraction of sp³-hybridized carbons (Fsp3) is 0.889. The van der Waals surface area contributed by atoms with Crippen molar-refractivity contribution in [3.8, 4) is 0 Å². The summed E-state index contributed by atoms with van der Waals surface area (Å²) in [4.78, 5) is 71.0. The molecule has 6 heterocycles. The molecule has 0 radical (unpaired) electrons. The van der Waals surface area contributed by atoms with E-state index in [0.29, 0.717) is 51.4 Å². The van der Waals surface area contributed by atoms with Gasteiger partial charge in [0.25, 0.3) is 0 Å². The summed E-state index contributed by atoms with van der Waals surface area (Å²) in [5.74, 6) is -8.55. The second kappa shape index (κ2) is 38.6. The molecule has 676 valence electrons. The van der Waals surface area contributed by atoms with Crippen LogP contribution in [-0.4, -0.2) is 332 Å². The van der Waals surface area contributed by atoms with Crippen LogP contribution in [-0.2, 0) is 90.3 Å². The molecule has 37 nitrogen and oxygen atoms in total. The van der Waals surface area contributed by atoms with Gasteiger partial charge < -0.3 is 163 Å². The Kier molecular flexibility index (Phi) is 31.3. The van der Waals surface area contributed by atoms with Crippen molar-refractivity contribution in [2.45, 2.75) is 370 Å². The highest BCUT2D eigenvalue weighted by Crippen LogP contribution is 2.70. The number of carboxylic acid groups (broad SMARTS) is 1. The zero-order chi connectivity index (χ0) is 87.2. The van der Waals surface area contributed by atoms with Crippen LogP contribution in [0.2, 0.25) is 0 Å². The predicted octanol–water partition coefficient (Wildman–Crippen LogP) is -0.123. The molecule has 118 heavy (non-hydrogen) atoms. The predicted molar refractivity (Wildman–Crippen MR) is 401 cm³/mol. The molecule has 0 aromatic rings. The Hall–Kier alpha value is -4.41. The number of aliphatic carboxylic acids is 1. The molecule has 0 aromatic heterocycles. The maximum Gasteiger partial charge on any atom is 0.335 e. The first kappa shape index (κ1) is 95.8. The van der Waals surface area contributed by atoms with E-state index in [1.807, 2.05) is 20.8 Å². The molecule has 0 amide bonds. The Morgan fingerprint density at radius 1 is 0.568 bits per heavy atom. The molecule has 8 fully saturated rings. The van der Waals surface area contributed by atoms with E-state index in [-0.39, 0.29) is 54.8 Å². The van der Waals surface area contributed by atoms with E-state index in [0.717, 1.165) is 11.9 Å². The standard InChI is InChI=1S/C81H130O37/c1-14-33(3)42(86)24-38(84)26-50(89)109-45(34(4)15-2)25-39(85)27-51(90)112-64-52(91)36(6)107-74(67(64)116-72-61(100)57(96)63(37(7)108-72)113-70-58(97)53(92)43(87)30-105-70)118-76(104)79(11)23-22-77(8,9)28-41(79)40-16-17-47-78(10,35(40)5)20-18-48-80(47,12)21-19-49(81(48,13)32-83)111-75-68(117-73-60(99)56(95)55(94)46(29-82)110-73)65(62(101)66(115-75)69(102)103)114-71-59(98)54(93)44(88)31-106-71/h16,32-39,41-49,52-53,55-58,60-68,70-75,82,84-88,91-101H,14-15,17-31H2,1-13H3,(H,102,103)/t33-,34-,35-,36+,37-,38-,39-,41-,42-,43+,44+,45-,46+,47-,48+,49-,52-,53-,55-,56-,57-,58+,60+,61+,62-,63-,64-,65-,66-,67+,68+,70-,71-,72-,73-,74-,75+,78-,79+,80+,81-/m0/s1. The summed E-state index contributed by atoms with van der Waals surface area (Å²) in [6.45, 7) is 22.2. The van der Waals surface area contributed by atoms with Gasteiger partial charge in [-0.05, 0) is 124 Å². The third-order valence-corrected chi connectivity index (χ3v) is 28.2. The van der Waals surface area contributed by atoms with Gasteiger partial charge in [0.05, 0.1) is 80.1 Å². The van der Waals surface area contributed by atoms with E-state index in [1.54, 1.807) is 20.8 Å². The van der Waals surface area contributed by atoms with Gasteiger partial charge in [-0.2, -0.15) is 0 Å². The number of carbonyl (C=O) groups excluding carboxylic acids is 4. The molecule has 6 aliphatic heterocycles. The van der Waals surface area contributed by atoms with Crippen LogP contribution in [0.5, 0.6) is 0 Å². The Balaban J connectivity index is 0.913. The molecule has 0 bridgehead atoms. The minimum absolute atomic E-state index is 0.0854. The molecule has 3 saturated carbocycles. The third-order valence-electron chi connectivity index (χ3n) is 28.2. The maximum absolute atomic E-state index is 16.0. The molecule has 18 N–H and O–H groups in total. The molecule has 5 saturated heterocycles. The lowest BCUT2D eigenvalue weighted by Gasteiger charge is -2.66. The molecule has 4 aliphatic carbocycles. The Labute approximate surface area is 685 Å². The Bertz CT molecular complexity index is 3450. The van der Waals surface area contributed by atoms with E-state index >= 15 is 4.79 Å². The topological polar surface area (TPSA) is 579 Å². The second-order valence-electron chi connectivity index (χ2n) is 36.7. The highest BCUT2D eigenvalue weighted by molar-refractivity contribution is 5.78. The SMILES string of the molecule is CC[C@H](C)[C@H](C[C@H](O)CC(=O)O[C@H]1[C@@H](O)[C@@H](C)O[C@@H](OC(=O)[C@]2(C)CCC(C)(C)C[C@H]2C2=CC[C@H]3[C@@](C)(CC[C@H]4[C@](C)(C=O)[C@@H](O[C@@H]5O[C@H](C(=O)O)[C@@H](O)[C@H](O[C@@H]6OC[C@@H](O)C(O)=C6O)[C@H]5O[C@@H]5O[C@H](CO)[C@H](O)[C@H](O)[C@H]5O)CC[C@]34C)[C@H]2C)[C@@H]1O[C@@H]1O[C@@H](C)[C@H](O[C@@H]2OC[C@@H](O)[C@H](O)[C@H]2O)[C@@H](O)[C@H]1O)OC(=O)C[C@@H](O)C[C@H](O)[C@@H](C)CC. The first-order valence-electron chi connectivity index (χ1n) is 41.6. The average molecular weight is 1700 g/mol. The van der Waals surface area contributed by atoms with Gasteiger partial charge in [-0.3, -0.25) is 14.4 Å². The van der Waals surface area contributed by atoms with Crippen molar-refractivity contribution < 1.29 is 182 Å². The van der Waals surface area contributed by atoms with Gasteiger partial charge >= 0.3 is 23.9 Å². The number of hydrogen-bond acceptors (Lipinski definition) is 36. The van der Waals surface area contributed by atoms with Crippen molar-refractivity contribution in [1.82, 2.24) is 0 Å². The van der Waals surface area contributed by atoms with E-state index in [1.165, 1.54) is 13.8 Å². The summed E-state index contributed by atoms with van der Waals surface area (Å²) in [6, 6.07) is 0. The lowest BCUT2D eigenvalue weighted by Crippen LogP contribution is -2.67. The quantitative estimate of drug-likeness (QED) is 0.0146. The Morgan fingerprint density at radius 2 is 1.17 bits per heavy atom. The van der Waals surface area contributed by atoms with E-state index in [2.05, 4.69) is 40.7 Å². The van der Waals surface area contributed by atoms with Crippen molar-refractivity contribution in [3.05, 3.63) is 23.2 Å². The van der Waals surface area contributed by atoms with Gasteiger partial charge in [-0.1, -0.05) is 93.7 Å². The second-order valence-corrected chi connectivity index (χ2v) is 36.7. The van der Waals surface area contributed by atoms with Crippen LogP contribution >= 0.6 is 0 Å². The monoisotopic (exact) mass is 1690 g/mol. The van der Waals surface area contributed by atoms with Crippen molar-refractivity contribution in [2.75, 3.05) is 19.8 Å². The molecule has 10 rings (SSSR count). The highest BCUT2D eigenvalue weighted by atomic mass is 16.8. The smallest absolute Gasteiger partial charge is 0.335 e. The number of fused-ring (bicyclic) bond motifs is 3. The van der Waals surface area contributed by atoms with Crippen LogP contribution in [0.1, 0.15) is 180 Å². The lowest BCUT2D eigenvalue weighted by atomic mass is 9.38. The number of hydrogen-bond donors (Lipinski definition) is 18.